The van der Waals surface area contributed by atoms with Crippen molar-refractivity contribution in [3.8, 4) is 23.0 Å². The number of sulfonamides is 1. The van der Waals surface area contributed by atoms with E-state index in [1.54, 1.807) is 12.1 Å². The molecular formula is C19H21NO6S. The maximum Gasteiger partial charge on any atom is 0.247 e. The predicted octanol–water partition coefficient (Wildman–Crippen LogP) is 2.22. The molecular weight excluding hydrogens is 370 g/mol. The molecule has 8 heteroatoms. The van der Waals surface area contributed by atoms with Crippen LogP contribution in [0.5, 0.6) is 23.0 Å². The largest absolute Gasteiger partial charge is 0.497 e. The van der Waals surface area contributed by atoms with Crippen LogP contribution >= 0.6 is 0 Å². The summed E-state index contributed by atoms with van der Waals surface area (Å²) in [5, 5.41) is 0. The lowest BCUT2D eigenvalue weighted by molar-refractivity contribution is 0.171. The van der Waals surface area contributed by atoms with Crippen molar-refractivity contribution < 1.29 is 27.4 Å². The number of fused-ring (bicyclic) bond motifs is 2. The Kier molecular flexibility index (Phi) is 4.61. The molecule has 144 valence electrons. The fraction of sp³-hybridized carbons (Fsp3) is 0.368. The third kappa shape index (κ3) is 3.19. The summed E-state index contributed by atoms with van der Waals surface area (Å²) < 4.78 is 49.6. The summed E-state index contributed by atoms with van der Waals surface area (Å²) >= 11 is 0. The van der Waals surface area contributed by atoms with Gasteiger partial charge in [0.15, 0.2) is 11.5 Å². The molecule has 0 unspecified atom stereocenters. The summed E-state index contributed by atoms with van der Waals surface area (Å²) in [6, 6.07) is 8.56. The summed E-state index contributed by atoms with van der Waals surface area (Å²) in [5.41, 5.74) is 2.02. The maximum atomic E-state index is 13.2. The minimum atomic E-state index is -3.71. The first-order valence-electron chi connectivity index (χ1n) is 8.66. The zero-order valence-corrected chi connectivity index (χ0v) is 16.0. The van der Waals surface area contributed by atoms with Crippen LogP contribution < -0.4 is 18.9 Å². The lowest BCUT2D eigenvalue weighted by Gasteiger charge is -2.30. The van der Waals surface area contributed by atoms with Gasteiger partial charge in [0.05, 0.1) is 14.2 Å². The Bertz CT molecular complexity index is 972. The molecule has 7 nitrogen and oxygen atoms in total. The molecule has 0 fully saturated rings. The van der Waals surface area contributed by atoms with Gasteiger partial charge in [-0.15, -0.1) is 0 Å². The van der Waals surface area contributed by atoms with E-state index in [1.165, 1.54) is 24.6 Å². The predicted molar refractivity (Wildman–Crippen MR) is 98.3 cm³/mol. The van der Waals surface area contributed by atoms with E-state index in [0.717, 1.165) is 16.9 Å². The molecule has 27 heavy (non-hydrogen) atoms. The highest BCUT2D eigenvalue weighted by Gasteiger charge is 2.32. The van der Waals surface area contributed by atoms with E-state index in [2.05, 4.69) is 0 Å². The second-order valence-electron chi connectivity index (χ2n) is 6.37. The highest BCUT2D eigenvalue weighted by Crippen LogP contribution is 2.37. The molecule has 0 atom stereocenters. The molecule has 0 bridgehead atoms. The van der Waals surface area contributed by atoms with Gasteiger partial charge in [0.2, 0.25) is 10.0 Å². The molecule has 2 aromatic carbocycles. The quantitative estimate of drug-likeness (QED) is 0.796. The molecule has 0 N–H and O–H groups in total. The number of hydrogen-bond donors (Lipinski definition) is 0. The smallest absolute Gasteiger partial charge is 0.247 e. The van der Waals surface area contributed by atoms with Crippen LogP contribution in [-0.2, 0) is 23.0 Å². The van der Waals surface area contributed by atoms with E-state index in [-0.39, 0.29) is 17.2 Å². The van der Waals surface area contributed by atoms with Crippen molar-refractivity contribution in [1.82, 2.24) is 4.31 Å². The van der Waals surface area contributed by atoms with Gasteiger partial charge in [-0.25, -0.2) is 8.42 Å². The number of methoxy groups -OCH3 is 2. The molecule has 2 heterocycles. The number of hydrogen-bond acceptors (Lipinski definition) is 6. The van der Waals surface area contributed by atoms with E-state index < -0.39 is 10.0 Å². The van der Waals surface area contributed by atoms with Crippen molar-refractivity contribution in [3.63, 3.8) is 0 Å². The van der Waals surface area contributed by atoms with Gasteiger partial charge in [-0.2, -0.15) is 4.31 Å². The molecule has 0 amide bonds. The Morgan fingerprint density at radius 1 is 0.963 bits per heavy atom. The molecule has 0 radical (unpaired) electrons. The Balaban J connectivity index is 1.67. The first kappa shape index (κ1) is 17.9. The Morgan fingerprint density at radius 3 is 2.33 bits per heavy atom. The van der Waals surface area contributed by atoms with Gasteiger partial charge in [-0.3, -0.25) is 0 Å². The Labute approximate surface area is 158 Å². The third-order valence-electron chi connectivity index (χ3n) is 4.83. The van der Waals surface area contributed by atoms with Gasteiger partial charge in [0, 0.05) is 19.2 Å². The second-order valence-corrected chi connectivity index (χ2v) is 8.28. The lowest BCUT2D eigenvalue weighted by Crippen LogP contribution is -2.36. The van der Waals surface area contributed by atoms with Crippen molar-refractivity contribution in [2.45, 2.75) is 17.9 Å². The third-order valence-corrected chi connectivity index (χ3v) is 6.71. The first-order chi connectivity index (χ1) is 13.0. The minimum Gasteiger partial charge on any atom is -0.497 e. The van der Waals surface area contributed by atoms with Gasteiger partial charge in [-0.05, 0) is 41.8 Å². The molecule has 4 rings (SSSR count). The summed E-state index contributed by atoms with van der Waals surface area (Å²) in [5.74, 6) is 2.20. The number of benzene rings is 2. The molecule has 0 aromatic heterocycles. The van der Waals surface area contributed by atoms with Crippen molar-refractivity contribution in [2.75, 3.05) is 34.0 Å². The summed E-state index contributed by atoms with van der Waals surface area (Å²) in [6.07, 6.45) is 0.615. The Morgan fingerprint density at radius 2 is 1.67 bits per heavy atom. The van der Waals surface area contributed by atoms with Crippen LogP contribution in [0, 0.1) is 0 Å². The van der Waals surface area contributed by atoms with Gasteiger partial charge >= 0.3 is 0 Å². The molecule has 2 aromatic rings. The van der Waals surface area contributed by atoms with E-state index in [4.69, 9.17) is 18.9 Å². The topological polar surface area (TPSA) is 74.3 Å². The minimum absolute atomic E-state index is 0.131. The monoisotopic (exact) mass is 391 g/mol. The second kappa shape index (κ2) is 6.94. The van der Waals surface area contributed by atoms with Crippen LogP contribution in [0.4, 0.5) is 0 Å². The molecule has 0 spiro atoms. The van der Waals surface area contributed by atoms with Crippen molar-refractivity contribution >= 4 is 10.0 Å². The number of ether oxygens (including phenoxy) is 4. The average Bonchev–Trinajstić information content (AvgIpc) is 2.71. The van der Waals surface area contributed by atoms with Gasteiger partial charge in [0.25, 0.3) is 0 Å². The van der Waals surface area contributed by atoms with E-state index in [0.29, 0.717) is 37.7 Å². The van der Waals surface area contributed by atoms with Crippen LogP contribution in [0.15, 0.2) is 35.2 Å². The van der Waals surface area contributed by atoms with Crippen LogP contribution in [0.1, 0.15) is 11.1 Å². The normalized spacial score (nSPS) is 16.5. The zero-order valence-electron chi connectivity index (χ0n) is 15.2. The van der Waals surface area contributed by atoms with E-state index in [9.17, 15) is 8.42 Å². The van der Waals surface area contributed by atoms with Crippen LogP contribution in [0.25, 0.3) is 0 Å². The van der Waals surface area contributed by atoms with Crippen LogP contribution in [0.3, 0.4) is 0 Å². The Hall–Kier alpha value is -2.45. The van der Waals surface area contributed by atoms with Crippen LogP contribution in [-0.4, -0.2) is 46.7 Å². The van der Waals surface area contributed by atoms with Gasteiger partial charge in [0.1, 0.15) is 29.6 Å². The van der Waals surface area contributed by atoms with Gasteiger partial charge < -0.3 is 18.9 Å². The summed E-state index contributed by atoms with van der Waals surface area (Å²) in [4.78, 5) is 0.131. The average molecular weight is 391 g/mol. The lowest BCUT2D eigenvalue weighted by atomic mass is 10.00. The SMILES string of the molecule is COc1ccc(S(=O)(=O)N2CCc3cc4c(cc3C2)OCCO4)c(OC)c1. The standard InChI is InChI=1S/C19H21NO6S/c1-23-15-3-4-19(18(11-15)24-2)27(21,22)20-6-5-13-9-16-17(10-14(13)12-20)26-8-7-25-16/h3-4,9-11H,5-8,12H2,1-2H3. The first-order valence-corrected chi connectivity index (χ1v) is 10.1. The molecule has 2 aliphatic heterocycles. The van der Waals surface area contributed by atoms with Gasteiger partial charge in [-0.1, -0.05) is 0 Å². The van der Waals surface area contributed by atoms with Crippen LogP contribution in [0.2, 0.25) is 0 Å². The summed E-state index contributed by atoms with van der Waals surface area (Å²) in [6.45, 7) is 1.70. The molecule has 0 saturated carbocycles. The van der Waals surface area contributed by atoms with Crippen molar-refractivity contribution in [3.05, 3.63) is 41.5 Å². The number of nitrogens with zero attached hydrogens (tertiary/aromatic N) is 1. The maximum absolute atomic E-state index is 13.2. The zero-order chi connectivity index (χ0) is 19.0. The molecule has 2 aliphatic rings. The summed E-state index contributed by atoms with van der Waals surface area (Å²) in [7, 11) is -0.741. The number of rotatable bonds is 4. The highest BCUT2D eigenvalue weighted by atomic mass is 32.2. The highest BCUT2D eigenvalue weighted by molar-refractivity contribution is 7.89. The fourth-order valence-corrected chi connectivity index (χ4v) is 4.95. The van der Waals surface area contributed by atoms with Crippen molar-refractivity contribution in [1.29, 1.82) is 0 Å². The molecule has 0 saturated heterocycles. The van der Waals surface area contributed by atoms with Crippen molar-refractivity contribution in [2.24, 2.45) is 0 Å². The van der Waals surface area contributed by atoms with E-state index >= 15 is 0 Å². The van der Waals surface area contributed by atoms with E-state index in [1.807, 2.05) is 12.1 Å². The molecule has 0 aliphatic carbocycles. The fourth-order valence-electron chi connectivity index (χ4n) is 3.40.